The number of nitrogens with zero attached hydrogens (tertiary/aromatic N) is 2. The van der Waals surface area contributed by atoms with Gasteiger partial charge >= 0.3 is 0 Å². The van der Waals surface area contributed by atoms with Crippen LogP contribution in [0.2, 0.25) is 0 Å². The van der Waals surface area contributed by atoms with E-state index in [0.29, 0.717) is 5.13 Å². The Morgan fingerprint density at radius 2 is 1.67 bits per heavy atom. The van der Waals surface area contributed by atoms with Crippen LogP contribution in [0.5, 0.6) is 0 Å². The summed E-state index contributed by atoms with van der Waals surface area (Å²) >= 11 is 1.49. The van der Waals surface area contributed by atoms with E-state index in [1.165, 1.54) is 37.0 Å². The first-order valence-electron chi connectivity index (χ1n) is 11.6. The maximum Gasteiger partial charge on any atom is 0.253 e. The minimum Gasteiger partial charge on any atom is -0.339 e. The van der Waals surface area contributed by atoms with E-state index in [0.717, 1.165) is 78.7 Å². The molecule has 1 aliphatic heterocycles. The molecule has 5 aliphatic rings. The van der Waals surface area contributed by atoms with Gasteiger partial charge in [0, 0.05) is 18.7 Å². The number of nitrogens with one attached hydrogen (secondary N) is 1. The van der Waals surface area contributed by atoms with Gasteiger partial charge < -0.3 is 10.2 Å². The number of fused-ring (bicyclic) bond motifs is 1. The standard InChI is InChI=1S/C24H29N3O2S/c28-21(27-6-2-1-3-7-27)18-4-5-19-20(11-18)30-23(25-19)26-22(29)24-12-15-8-16(13-24)10-17(9-15)14-24/h4-5,11,15-17H,1-3,6-10,12-14H2,(H,25,26,29). The topological polar surface area (TPSA) is 62.3 Å². The molecule has 4 saturated carbocycles. The summed E-state index contributed by atoms with van der Waals surface area (Å²) in [6.07, 6.45) is 10.6. The fourth-order valence-electron chi connectivity index (χ4n) is 7.01. The van der Waals surface area contributed by atoms with Gasteiger partial charge in [0.1, 0.15) is 0 Å². The van der Waals surface area contributed by atoms with Crippen molar-refractivity contribution in [3.8, 4) is 0 Å². The number of thiazole rings is 1. The van der Waals surface area contributed by atoms with Gasteiger partial charge in [-0.3, -0.25) is 9.59 Å². The van der Waals surface area contributed by atoms with Crippen LogP contribution in [0.15, 0.2) is 18.2 Å². The molecule has 1 saturated heterocycles. The first-order valence-corrected chi connectivity index (χ1v) is 12.4. The molecule has 158 valence electrons. The minimum absolute atomic E-state index is 0.115. The molecule has 7 rings (SSSR count). The summed E-state index contributed by atoms with van der Waals surface area (Å²) in [5.41, 5.74) is 1.42. The quantitative estimate of drug-likeness (QED) is 0.749. The highest BCUT2D eigenvalue weighted by atomic mass is 32.1. The van der Waals surface area contributed by atoms with Gasteiger partial charge in [-0.05, 0) is 93.7 Å². The van der Waals surface area contributed by atoms with Crippen LogP contribution in [-0.2, 0) is 4.79 Å². The van der Waals surface area contributed by atoms with Crippen molar-refractivity contribution in [1.82, 2.24) is 9.88 Å². The Morgan fingerprint density at radius 1 is 1.00 bits per heavy atom. The summed E-state index contributed by atoms with van der Waals surface area (Å²) in [6.45, 7) is 1.71. The number of aromatic nitrogens is 1. The largest absolute Gasteiger partial charge is 0.339 e. The molecule has 0 unspecified atom stereocenters. The van der Waals surface area contributed by atoms with E-state index in [4.69, 9.17) is 0 Å². The molecule has 30 heavy (non-hydrogen) atoms. The summed E-state index contributed by atoms with van der Waals surface area (Å²) in [7, 11) is 0. The lowest BCUT2D eigenvalue weighted by molar-refractivity contribution is -0.140. The molecule has 2 aromatic rings. The zero-order valence-corrected chi connectivity index (χ0v) is 18.2. The Morgan fingerprint density at radius 3 is 2.33 bits per heavy atom. The first kappa shape index (κ1) is 18.8. The number of carbonyl (C=O) groups excluding carboxylic acids is 2. The molecular weight excluding hydrogens is 394 g/mol. The van der Waals surface area contributed by atoms with Crippen LogP contribution < -0.4 is 5.32 Å². The number of rotatable bonds is 3. The maximum absolute atomic E-state index is 13.3. The molecule has 0 atom stereocenters. The Hall–Kier alpha value is -1.95. The van der Waals surface area contributed by atoms with Crippen LogP contribution in [0.1, 0.15) is 68.1 Å². The number of piperidine rings is 1. The van der Waals surface area contributed by atoms with Gasteiger partial charge in [0.2, 0.25) is 5.91 Å². The highest BCUT2D eigenvalue weighted by Gasteiger charge is 2.54. The number of anilines is 1. The Labute approximate surface area is 181 Å². The van der Waals surface area contributed by atoms with Crippen molar-refractivity contribution in [2.45, 2.75) is 57.8 Å². The predicted octanol–water partition coefficient (Wildman–Crippen LogP) is 5.08. The normalized spacial score (nSPS) is 32.5. The summed E-state index contributed by atoms with van der Waals surface area (Å²) in [5.74, 6) is 2.55. The van der Waals surface area contributed by atoms with E-state index >= 15 is 0 Å². The Bertz CT molecular complexity index is 972. The van der Waals surface area contributed by atoms with E-state index in [1.54, 1.807) is 0 Å². The van der Waals surface area contributed by atoms with Crippen molar-refractivity contribution in [1.29, 1.82) is 0 Å². The van der Waals surface area contributed by atoms with Crippen LogP contribution >= 0.6 is 11.3 Å². The van der Waals surface area contributed by atoms with Crippen LogP contribution in [0.4, 0.5) is 5.13 Å². The second kappa shape index (κ2) is 7.04. The Kier molecular flexibility index (Phi) is 4.41. The molecule has 2 amide bonds. The molecule has 1 N–H and O–H groups in total. The number of hydrogen-bond donors (Lipinski definition) is 1. The third kappa shape index (κ3) is 3.15. The average molecular weight is 424 g/mol. The molecule has 5 nitrogen and oxygen atoms in total. The van der Waals surface area contributed by atoms with Crippen LogP contribution in [0.3, 0.4) is 0 Å². The van der Waals surface area contributed by atoms with Gasteiger partial charge in [0.25, 0.3) is 5.91 Å². The van der Waals surface area contributed by atoms with E-state index in [-0.39, 0.29) is 17.2 Å². The highest BCUT2D eigenvalue weighted by Crippen LogP contribution is 2.60. The summed E-state index contributed by atoms with van der Waals surface area (Å²) in [5, 5.41) is 3.85. The molecule has 2 heterocycles. The molecule has 4 aliphatic carbocycles. The lowest BCUT2D eigenvalue weighted by Gasteiger charge is -2.55. The molecule has 1 aromatic heterocycles. The van der Waals surface area contributed by atoms with Gasteiger partial charge in [-0.1, -0.05) is 11.3 Å². The van der Waals surface area contributed by atoms with Gasteiger partial charge in [0.05, 0.1) is 15.6 Å². The lowest BCUT2D eigenvalue weighted by Crippen LogP contribution is -2.51. The van der Waals surface area contributed by atoms with Crippen LogP contribution in [0.25, 0.3) is 10.2 Å². The number of carbonyl (C=O) groups is 2. The monoisotopic (exact) mass is 423 g/mol. The molecular formula is C24H29N3O2S. The fraction of sp³-hybridized carbons (Fsp3) is 0.625. The van der Waals surface area contributed by atoms with Crippen molar-refractivity contribution in [3.05, 3.63) is 23.8 Å². The van der Waals surface area contributed by atoms with Crippen LogP contribution in [-0.4, -0.2) is 34.8 Å². The van der Waals surface area contributed by atoms with Gasteiger partial charge in [0.15, 0.2) is 5.13 Å². The van der Waals surface area contributed by atoms with Gasteiger partial charge in [-0.15, -0.1) is 0 Å². The second-order valence-corrected chi connectivity index (χ2v) is 11.2. The first-order chi connectivity index (χ1) is 14.6. The van der Waals surface area contributed by atoms with E-state index in [9.17, 15) is 9.59 Å². The number of hydrogen-bond acceptors (Lipinski definition) is 4. The third-order valence-corrected chi connectivity index (χ3v) is 8.95. The van der Waals surface area contributed by atoms with Crippen molar-refractivity contribution < 1.29 is 9.59 Å². The van der Waals surface area contributed by atoms with Crippen LogP contribution in [0, 0.1) is 23.2 Å². The van der Waals surface area contributed by atoms with E-state index in [1.807, 2.05) is 23.1 Å². The van der Waals surface area contributed by atoms with E-state index < -0.39 is 0 Å². The molecule has 6 heteroatoms. The zero-order chi connectivity index (χ0) is 20.3. The SMILES string of the molecule is O=C(c1ccc2nc(NC(=O)C34CC5CC(CC(C5)C3)C4)sc2c1)N1CCCCC1. The van der Waals surface area contributed by atoms with Crippen molar-refractivity contribution in [2.75, 3.05) is 18.4 Å². The van der Waals surface area contributed by atoms with Crippen molar-refractivity contribution in [2.24, 2.45) is 23.2 Å². The smallest absolute Gasteiger partial charge is 0.253 e. The molecule has 0 spiro atoms. The second-order valence-electron chi connectivity index (χ2n) is 10.2. The van der Waals surface area contributed by atoms with Crippen molar-refractivity contribution >= 4 is 38.5 Å². The minimum atomic E-state index is -0.165. The van der Waals surface area contributed by atoms with Gasteiger partial charge in [-0.25, -0.2) is 4.98 Å². The lowest BCUT2D eigenvalue weighted by atomic mass is 9.49. The van der Waals surface area contributed by atoms with E-state index in [2.05, 4.69) is 10.3 Å². The third-order valence-electron chi connectivity index (χ3n) is 8.02. The number of amides is 2. The highest BCUT2D eigenvalue weighted by molar-refractivity contribution is 7.22. The Balaban J connectivity index is 1.21. The predicted molar refractivity (Wildman–Crippen MR) is 119 cm³/mol. The number of likely N-dealkylation sites (tertiary alicyclic amines) is 1. The zero-order valence-electron chi connectivity index (χ0n) is 17.4. The molecule has 0 radical (unpaired) electrons. The molecule has 5 fully saturated rings. The van der Waals surface area contributed by atoms with Crippen molar-refractivity contribution in [3.63, 3.8) is 0 Å². The maximum atomic E-state index is 13.3. The van der Waals surface area contributed by atoms with Gasteiger partial charge in [-0.2, -0.15) is 0 Å². The molecule has 4 bridgehead atoms. The summed E-state index contributed by atoms with van der Waals surface area (Å²) < 4.78 is 0.971. The average Bonchev–Trinajstić information content (AvgIpc) is 3.14. The summed E-state index contributed by atoms with van der Waals surface area (Å²) in [6, 6.07) is 5.75. The molecule has 1 aromatic carbocycles. The fourth-order valence-corrected chi connectivity index (χ4v) is 7.91. The summed E-state index contributed by atoms with van der Waals surface area (Å²) in [4.78, 5) is 32.8. The number of benzene rings is 1.